The second kappa shape index (κ2) is 8.23. The number of carbonyl (C=O) groups excluding carboxylic acids is 1. The highest BCUT2D eigenvalue weighted by Gasteiger charge is 2.20. The van der Waals surface area contributed by atoms with Gasteiger partial charge in [0.25, 0.3) is 0 Å². The molecule has 0 spiro atoms. The molecule has 1 unspecified atom stereocenters. The lowest BCUT2D eigenvalue weighted by molar-refractivity contribution is -0.142. The number of ether oxygens (including phenoxy) is 1. The summed E-state index contributed by atoms with van der Waals surface area (Å²) in [6.45, 7) is 0.402. The number of carboxylic acids is 1. The van der Waals surface area contributed by atoms with Gasteiger partial charge in [-0.05, 0) is 5.56 Å². The molecule has 1 aromatic carbocycles. The molecule has 0 bridgehead atoms. The zero-order chi connectivity index (χ0) is 14.1. The van der Waals surface area contributed by atoms with Gasteiger partial charge in [0.2, 0.25) is 5.91 Å². The van der Waals surface area contributed by atoms with E-state index in [1.54, 1.807) is 0 Å². The molecule has 1 rings (SSSR count). The lowest BCUT2D eigenvalue weighted by Gasteiger charge is -2.14. The molecule has 19 heavy (non-hydrogen) atoms. The van der Waals surface area contributed by atoms with Crippen molar-refractivity contribution in [2.75, 3.05) is 19.8 Å². The number of carboxylic acid groups (broad SMARTS) is 1. The van der Waals surface area contributed by atoms with E-state index in [0.29, 0.717) is 6.54 Å². The van der Waals surface area contributed by atoms with Crippen LogP contribution in [0.1, 0.15) is 5.56 Å². The van der Waals surface area contributed by atoms with Crippen molar-refractivity contribution >= 4 is 11.9 Å². The smallest absolute Gasteiger partial charge is 0.326 e. The Morgan fingerprint density at radius 3 is 2.58 bits per heavy atom. The normalized spacial score (nSPS) is 11.8. The molecule has 0 radical (unpaired) electrons. The first kappa shape index (κ1) is 15.1. The van der Waals surface area contributed by atoms with Crippen molar-refractivity contribution in [3.63, 3.8) is 0 Å². The number of hydrogen-bond donors (Lipinski definition) is 3. The predicted molar refractivity (Wildman–Crippen MR) is 69.6 cm³/mol. The maximum Gasteiger partial charge on any atom is 0.326 e. The zero-order valence-electron chi connectivity index (χ0n) is 10.5. The van der Waals surface area contributed by atoms with Gasteiger partial charge in [0.1, 0.15) is 12.6 Å². The fraction of sp³-hybridized carbons (Fsp3) is 0.385. The van der Waals surface area contributed by atoms with Crippen molar-refractivity contribution in [3.8, 4) is 0 Å². The summed E-state index contributed by atoms with van der Waals surface area (Å²) in [6, 6.07) is 8.15. The second-order valence-corrected chi connectivity index (χ2v) is 3.99. The number of carbonyl (C=O) groups is 2. The molecule has 0 aliphatic heterocycles. The van der Waals surface area contributed by atoms with Crippen molar-refractivity contribution in [2.45, 2.75) is 12.5 Å². The van der Waals surface area contributed by atoms with Gasteiger partial charge in [0.05, 0.1) is 6.61 Å². The Balaban J connectivity index is 2.49. The van der Waals surface area contributed by atoms with Gasteiger partial charge in [0.15, 0.2) is 0 Å². The van der Waals surface area contributed by atoms with Crippen LogP contribution in [0.3, 0.4) is 0 Å². The third-order valence-electron chi connectivity index (χ3n) is 2.41. The van der Waals surface area contributed by atoms with Gasteiger partial charge < -0.3 is 20.9 Å². The van der Waals surface area contributed by atoms with Crippen LogP contribution < -0.4 is 11.1 Å². The van der Waals surface area contributed by atoms with E-state index in [4.69, 9.17) is 15.6 Å². The van der Waals surface area contributed by atoms with Crippen LogP contribution in [-0.2, 0) is 20.7 Å². The molecule has 104 valence electrons. The van der Waals surface area contributed by atoms with Crippen LogP contribution in [0.15, 0.2) is 30.3 Å². The minimum absolute atomic E-state index is 0.185. The number of aliphatic carboxylic acids is 1. The zero-order valence-corrected chi connectivity index (χ0v) is 10.5. The van der Waals surface area contributed by atoms with Crippen molar-refractivity contribution in [1.29, 1.82) is 0 Å². The van der Waals surface area contributed by atoms with E-state index in [1.165, 1.54) is 0 Å². The largest absolute Gasteiger partial charge is 0.480 e. The highest BCUT2D eigenvalue weighted by molar-refractivity contribution is 5.84. The first-order valence-corrected chi connectivity index (χ1v) is 5.97. The van der Waals surface area contributed by atoms with Crippen LogP contribution in [0.2, 0.25) is 0 Å². The molecule has 6 nitrogen and oxygen atoms in total. The average molecular weight is 266 g/mol. The molecule has 0 aliphatic rings. The van der Waals surface area contributed by atoms with Gasteiger partial charge >= 0.3 is 5.97 Å². The molecule has 0 aliphatic carbocycles. The number of nitrogens with two attached hydrogens (primary N) is 1. The molecule has 1 amide bonds. The molecule has 0 saturated carbocycles. The minimum atomic E-state index is -1.07. The Morgan fingerprint density at radius 2 is 2.00 bits per heavy atom. The quantitative estimate of drug-likeness (QED) is 0.564. The Morgan fingerprint density at radius 1 is 1.32 bits per heavy atom. The molecular formula is C13H18N2O4. The van der Waals surface area contributed by atoms with Gasteiger partial charge in [-0.2, -0.15) is 0 Å². The monoisotopic (exact) mass is 266 g/mol. The Hall–Kier alpha value is -1.92. The average Bonchev–Trinajstić information content (AvgIpc) is 2.39. The summed E-state index contributed by atoms with van der Waals surface area (Å²) < 4.78 is 4.95. The molecular weight excluding hydrogens is 248 g/mol. The molecule has 1 atom stereocenters. The number of nitrogens with one attached hydrogen (secondary N) is 1. The molecule has 1 aromatic rings. The van der Waals surface area contributed by atoms with Gasteiger partial charge in [-0.25, -0.2) is 4.79 Å². The molecule has 4 N–H and O–H groups in total. The molecule has 0 heterocycles. The van der Waals surface area contributed by atoms with Gasteiger partial charge in [0, 0.05) is 13.0 Å². The van der Waals surface area contributed by atoms with Crippen LogP contribution in [-0.4, -0.2) is 42.8 Å². The predicted octanol–water partition coefficient (Wildman–Crippen LogP) is -0.226. The van der Waals surface area contributed by atoms with Crippen LogP contribution in [0.25, 0.3) is 0 Å². The number of hydrogen-bond acceptors (Lipinski definition) is 4. The SMILES string of the molecule is NCCOCC(=O)NC(Cc1ccccc1)C(=O)O. The number of benzene rings is 1. The van der Waals surface area contributed by atoms with Crippen LogP contribution >= 0.6 is 0 Å². The van der Waals surface area contributed by atoms with E-state index >= 15 is 0 Å². The second-order valence-electron chi connectivity index (χ2n) is 3.99. The summed E-state index contributed by atoms with van der Waals surface area (Å²) >= 11 is 0. The maximum absolute atomic E-state index is 11.5. The molecule has 0 aromatic heterocycles. The molecule has 0 saturated heterocycles. The summed E-state index contributed by atoms with van der Waals surface area (Å²) in [5.41, 5.74) is 6.06. The fourth-order valence-electron chi connectivity index (χ4n) is 1.53. The lowest BCUT2D eigenvalue weighted by atomic mass is 10.1. The van der Waals surface area contributed by atoms with Crippen LogP contribution in [0.5, 0.6) is 0 Å². The molecule has 6 heteroatoms. The van der Waals surface area contributed by atoms with Gasteiger partial charge in [-0.15, -0.1) is 0 Å². The van der Waals surface area contributed by atoms with E-state index in [0.717, 1.165) is 5.56 Å². The summed E-state index contributed by atoms with van der Waals surface area (Å²) in [5.74, 6) is -1.53. The summed E-state index contributed by atoms with van der Waals surface area (Å²) in [6.07, 6.45) is 0.235. The number of rotatable bonds is 8. The Labute approximate surface area is 111 Å². The lowest BCUT2D eigenvalue weighted by Crippen LogP contribution is -2.44. The van der Waals surface area contributed by atoms with E-state index < -0.39 is 17.9 Å². The third kappa shape index (κ3) is 5.98. The number of amides is 1. The van der Waals surface area contributed by atoms with E-state index in [2.05, 4.69) is 5.32 Å². The van der Waals surface area contributed by atoms with Crippen molar-refractivity contribution in [2.24, 2.45) is 5.73 Å². The van der Waals surface area contributed by atoms with E-state index in [9.17, 15) is 9.59 Å². The highest BCUT2D eigenvalue weighted by Crippen LogP contribution is 2.03. The third-order valence-corrected chi connectivity index (χ3v) is 2.41. The van der Waals surface area contributed by atoms with E-state index in [1.807, 2.05) is 30.3 Å². The van der Waals surface area contributed by atoms with E-state index in [-0.39, 0.29) is 19.6 Å². The van der Waals surface area contributed by atoms with Crippen LogP contribution in [0, 0.1) is 0 Å². The fourth-order valence-corrected chi connectivity index (χ4v) is 1.53. The van der Waals surface area contributed by atoms with Crippen LogP contribution in [0.4, 0.5) is 0 Å². The Kier molecular flexibility index (Phi) is 6.56. The maximum atomic E-state index is 11.5. The summed E-state index contributed by atoms with van der Waals surface area (Å²) in [4.78, 5) is 22.6. The Bertz CT molecular complexity index is 408. The van der Waals surface area contributed by atoms with Crippen molar-refractivity contribution in [1.82, 2.24) is 5.32 Å². The van der Waals surface area contributed by atoms with Crippen molar-refractivity contribution < 1.29 is 19.4 Å². The first-order valence-electron chi connectivity index (χ1n) is 5.97. The first-order chi connectivity index (χ1) is 9.13. The topological polar surface area (TPSA) is 102 Å². The van der Waals surface area contributed by atoms with Gasteiger partial charge in [-0.3, -0.25) is 4.79 Å². The standard InChI is InChI=1S/C13H18N2O4/c14-6-7-19-9-12(16)15-11(13(17)18)8-10-4-2-1-3-5-10/h1-5,11H,6-9,14H2,(H,15,16)(H,17,18). The summed E-state index contributed by atoms with van der Waals surface area (Å²) in [5, 5.41) is 11.5. The molecule has 0 fully saturated rings. The minimum Gasteiger partial charge on any atom is -0.480 e. The van der Waals surface area contributed by atoms with Gasteiger partial charge in [-0.1, -0.05) is 30.3 Å². The summed E-state index contributed by atoms with van der Waals surface area (Å²) in [7, 11) is 0. The van der Waals surface area contributed by atoms with Crippen molar-refractivity contribution in [3.05, 3.63) is 35.9 Å². The highest BCUT2D eigenvalue weighted by atomic mass is 16.5.